The molecule has 6 heteroatoms. The van der Waals surface area contributed by atoms with Crippen LogP contribution in [0.5, 0.6) is 5.75 Å². The van der Waals surface area contributed by atoms with Crippen molar-refractivity contribution in [2.24, 2.45) is 0 Å². The number of cyclic esters (lactones) is 1. The van der Waals surface area contributed by atoms with E-state index in [9.17, 15) is 14.7 Å². The van der Waals surface area contributed by atoms with Gasteiger partial charge in [0.15, 0.2) is 5.60 Å². The van der Waals surface area contributed by atoms with Crippen molar-refractivity contribution >= 4 is 16.9 Å². The summed E-state index contributed by atoms with van der Waals surface area (Å²) >= 11 is 0. The van der Waals surface area contributed by atoms with Crippen molar-refractivity contribution in [2.75, 3.05) is 6.61 Å². The van der Waals surface area contributed by atoms with E-state index in [1.807, 2.05) is 19.1 Å². The molecule has 3 rings (SSSR count). The highest BCUT2D eigenvalue weighted by Crippen LogP contribution is 2.28. The van der Waals surface area contributed by atoms with E-state index in [0.717, 1.165) is 11.0 Å². The van der Waals surface area contributed by atoms with E-state index in [2.05, 4.69) is 0 Å². The van der Waals surface area contributed by atoms with Crippen LogP contribution in [0, 0.1) is 0 Å². The molecule has 1 saturated heterocycles. The van der Waals surface area contributed by atoms with Gasteiger partial charge in [0.1, 0.15) is 24.0 Å². The molecule has 0 bridgehead atoms. The minimum Gasteiger partial charge on any atom is -0.489 e. The predicted octanol–water partition coefficient (Wildman–Crippen LogP) is 2.57. The first-order valence-corrected chi connectivity index (χ1v) is 8.09. The number of hydrogen-bond acceptors (Lipinski definition) is 6. The van der Waals surface area contributed by atoms with Gasteiger partial charge in [-0.05, 0) is 38.1 Å². The van der Waals surface area contributed by atoms with Crippen LogP contribution in [0.4, 0.5) is 0 Å². The highest BCUT2D eigenvalue weighted by atomic mass is 16.6. The molecule has 0 amide bonds. The van der Waals surface area contributed by atoms with Crippen molar-refractivity contribution in [1.82, 2.24) is 0 Å². The van der Waals surface area contributed by atoms with Crippen molar-refractivity contribution in [3.05, 3.63) is 52.4 Å². The van der Waals surface area contributed by atoms with Crippen LogP contribution < -0.4 is 10.4 Å². The molecule has 6 nitrogen and oxygen atoms in total. The molecule has 1 fully saturated rings. The Hall–Kier alpha value is -2.60. The van der Waals surface area contributed by atoms with E-state index in [4.69, 9.17) is 13.9 Å². The highest BCUT2D eigenvalue weighted by molar-refractivity contribution is 5.81. The van der Waals surface area contributed by atoms with Crippen LogP contribution in [0.2, 0.25) is 0 Å². The zero-order valence-electron chi connectivity index (χ0n) is 14.2. The second-order valence-corrected chi connectivity index (χ2v) is 6.52. The summed E-state index contributed by atoms with van der Waals surface area (Å²) in [5.41, 5.74) is -0.313. The highest BCUT2D eigenvalue weighted by Gasteiger charge is 2.43. The summed E-state index contributed by atoms with van der Waals surface area (Å²) in [4.78, 5) is 22.7. The number of ether oxygens (including phenoxy) is 2. The lowest BCUT2D eigenvalue weighted by molar-refractivity contribution is -0.153. The van der Waals surface area contributed by atoms with Gasteiger partial charge < -0.3 is 19.0 Å². The van der Waals surface area contributed by atoms with Gasteiger partial charge in [-0.1, -0.05) is 5.57 Å². The van der Waals surface area contributed by atoms with E-state index in [0.29, 0.717) is 30.8 Å². The molecular formula is C19H20O6. The molecule has 1 aliphatic rings. The van der Waals surface area contributed by atoms with Crippen LogP contribution in [0.25, 0.3) is 11.0 Å². The Morgan fingerprint density at radius 3 is 2.84 bits per heavy atom. The number of carbonyl (C=O) groups excluding carboxylic acids is 1. The van der Waals surface area contributed by atoms with Crippen LogP contribution in [0.3, 0.4) is 0 Å². The summed E-state index contributed by atoms with van der Waals surface area (Å²) in [6.45, 7) is 3.73. The Kier molecular flexibility index (Phi) is 4.63. The van der Waals surface area contributed by atoms with Gasteiger partial charge in [0.05, 0.1) is 0 Å². The monoisotopic (exact) mass is 344 g/mol. The number of benzene rings is 1. The van der Waals surface area contributed by atoms with Crippen molar-refractivity contribution in [1.29, 1.82) is 0 Å². The maximum absolute atomic E-state index is 11.5. The van der Waals surface area contributed by atoms with Gasteiger partial charge in [-0.3, -0.25) is 0 Å². The molecule has 0 radical (unpaired) electrons. The third-order valence-electron chi connectivity index (χ3n) is 4.16. The summed E-state index contributed by atoms with van der Waals surface area (Å²) in [6.07, 6.45) is 2.43. The van der Waals surface area contributed by atoms with Gasteiger partial charge in [-0.25, -0.2) is 9.59 Å². The number of rotatable bonds is 5. The first kappa shape index (κ1) is 17.2. The third-order valence-corrected chi connectivity index (χ3v) is 4.16. The Morgan fingerprint density at radius 2 is 2.12 bits per heavy atom. The summed E-state index contributed by atoms with van der Waals surface area (Å²) in [7, 11) is 0. The van der Waals surface area contributed by atoms with E-state index in [1.54, 1.807) is 18.2 Å². The van der Waals surface area contributed by atoms with Crippen molar-refractivity contribution in [3.63, 3.8) is 0 Å². The van der Waals surface area contributed by atoms with Crippen LogP contribution in [0.1, 0.15) is 26.7 Å². The van der Waals surface area contributed by atoms with E-state index < -0.39 is 17.2 Å². The normalized spacial score (nSPS) is 23.7. The lowest BCUT2D eigenvalue weighted by Gasteiger charge is -2.10. The molecule has 0 spiro atoms. The molecule has 1 N–H and O–H groups in total. The van der Waals surface area contributed by atoms with Gasteiger partial charge in [0.2, 0.25) is 0 Å². The summed E-state index contributed by atoms with van der Waals surface area (Å²) in [6, 6.07) is 8.39. The first-order chi connectivity index (χ1) is 11.8. The summed E-state index contributed by atoms with van der Waals surface area (Å²) < 4.78 is 15.9. The molecule has 2 aromatic rings. The van der Waals surface area contributed by atoms with Crippen LogP contribution in [0.15, 0.2) is 51.2 Å². The molecular weight excluding hydrogens is 324 g/mol. The fourth-order valence-electron chi connectivity index (χ4n) is 2.81. The first-order valence-electron chi connectivity index (χ1n) is 8.09. The smallest absolute Gasteiger partial charge is 0.338 e. The summed E-state index contributed by atoms with van der Waals surface area (Å²) in [5.74, 6) is 0.0281. The fraction of sp³-hybridized carbons (Fsp3) is 0.368. The largest absolute Gasteiger partial charge is 0.489 e. The number of fused-ring (bicyclic) bond motifs is 1. The molecule has 132 valence electrons. The van der Waals surface area contributed by atoms with Crippen molar-refractivity contribution in [3.8, 4) is 5.75 Å². The number of carbonyl (C=O) groups is 1. The zero-order valence-corrected chi connectivity index (χ0v) is 14.2. The van der Waals surface area contributed by atoms with Crippen molar-refractivity contribution < 1.29 is 23.8 Å². The lowest BCUT2D eigenvalue weighted by Crippen LogP contribution is -2.29. The number of hydrogen-bond donors (Lipinski definition) is 1. The van der Waals surface area contributed by atoms with Crippen LogP contribution in [-0.2, 0) is 9.53 Å². The molecule has 2 heterocycles. The molecule has 0 aliphatic carbocycles. The van der Waals surface area contributed by atoms with E-state index >= 15 is 0 Å². The van der Waals surface area contributed by atoms with E-state index in [-0.39, 0.29) is 6.10 Å². The average Bonchev–Trinajstić information content (AvgIpc) is 2.78. The number of aliphatic hydroxyl groups is 1. The van der Waals surface area contributed by atoms with Gasteiger partial charge in [0, 0.05) is 30.4 Å². The SMILES string of the molecule is C/C(=C\COc1ccc2ccc(=O)oc2c1)C[C@@H]1C[C@](C)(O)C(=O)O1. The molecule has 25 heavy (non-hydrogen) atoms. The maximum atomic E-state index is 11.5. The minimum absolute atomic E-state index is 0.293. The predicted molar refractivity (Wildman–Crippen MR) is 91.5 cm³/mol. The third kappa shape index (κ3) is 4.09. The quantitative estimate of drug-likeness (QED) is 0.510. The molecule has 0 saturated carbocycles. The summed E-state index contributed by atoms with van der Waals surface area (Å²) in [5, 5.41) is 10.7. The molecule has 1 aliphatic heterocycles. The topological polar surface area (TPSA) is 86.0 Å². The van der Waals surface area contributed by atoms with Crippen molar-refractivity contribution in [2.45, 2.75) is 38.4 Å². The second kappa shape index (κ2) is 6.72. The molecule has 1 aromatic heterocycles. The second-order valence-electron chi connectivity index (χ2n) is 6.52. The Morgan fingerprint density at radius 1 is 1.36 bits per heavy atom. The van der Waals surface area contributed by atoms with Gasteiger partial charge in [0.25, 0.3) is 0 Å². The van der Waals surface area contributed by atoms with Gasteiger partial charge in [-0.15, -0.1) is 0 Å². The Bertz CT molecular complexity index is 877. The van der Waals surface area contributed by atoms with Gasteiger partial charge in [-0.2, -0.15) is 0 Å². The van der Waals surface area contributed by atoms with Crippen LogP contribution in [-0.4, -0.2) is 29.4 Å². The zero-order chi connectivity index (χ0) is 18.0. The lowest BCUT2D eigenvalue weighted by atomic mass is 9.99. The Labute approximate surface area is 144 Å². The molecule has 0 unspecified atom stereocenters. The standard InChI is InChI=1S/C19H20O6/c1-12(9-15-11-19(2,22)18(21)24-15)7-8-23-14-5-3-13-4-6-17(20)25-16(13)10-14/h3-7,10,15,22H,8-9,11H2,1-2H3/b12-7+/t15-,19+/m1/s1. The molecule has 2 atom stereocenters. The van der Waals surface area contributed by atoms with E-state index in [1.165, 1.54) is 13.0 Å². The number of esters is 1. The average molecular weight is 344 g/mol. The van der Waals surface area contributed by atoms with Gasteiger partial charge >= 0.3 is 11.6 Å². The minimum atomic E-state index is -1.39. The van der Waals surface area contributed by atoms with Crippen LogP contribution >= 0.6 is 0 Å². The molecule has 1 aromatic carbocycles. The Balaban J connectivity index is 1.57. The maximum Gasteiger partial charge on any atom is 0.338 e. The fourth-order valence-corrected chi connectivity index (χ4v) is 2.81.